The number of esters is 1. The molecule has 0 bridgehead atoms. The maximum atomic E-state index is 13.7. The molecule has 2 N–H and O–H groups in total. The summed E-state index contributed by atoms with van der Waals surface area (Å²) in [7, 11) is 1.10. The fraction of sp³-hybridized carbons (Fsp3) is 0.481. The second-order valence-electron chi connectivity index (χ2n) is 10.2. The van der Waals surface area contributed by atoms with Crippen LogP contribution in [0.3, 0.4) is 0 Å². The molecule has 0 saturated carbocycles. The third-order valence-corrected chi connectivity index (χ3v) is 6.66. The zero-order chi connectivity index (χ0) is 28.6. The molecule has 1 aromatic heterocycles. The maximum Gasteiger partial charge on any atom is 0.408 e. The Morgan fingerprint density at radius 1 is 1.08 bits per heavy atom. The maximum absolute atomic E-state index is 13.7. The molecule has 2 aromatic rings. The summed E-state index contributed by atoms with van der Waals surface area (Å²) >= 11 is 1.36. The predicted octanol–water partition coefficient (Wildman–Crippen LogP) is 2.04. The van der Waals surface area contributed by atoms with Gasteiger partial charge in [-0.2, -0.15) is 0 Å². The molecule has 39 heavy (non-hydrogen) atoms. The Labute approximate surface area is 231 Å². The summed E-state index contributed by atoms with van der Waals surface area (Å²) in [6.45, 7) is 5.43. The molecule has 1 unspecified atom stereocenters. The normalized spacial score (nSPS) is 16.6. The molecule has 12 heteroatoms. The van der Waals surface area contributed by atoms with Gasteiger partial charge in [-0.15, -0.1) is 11.3 Å². The van der Waals surface area contributed by atoms with Crippen molar-refractivity contribution in [3.63, 3.8) is 0 Å². The van der Waals surface area contributed by atoms with Gasteiger partial charge in [0.2, 0.25) is 11.8 Å². The molecule has 3 amide bonds. The van der Waals surface area contributed by atoms with Crippen LogP contribution >= 0.6 is 11.3 Å². The van der Waals surface area contributed by atoms with Gasteiger partial charge in [0.1, 0.15) is 23.7 Å². The molecule has 3 rings (SSSR count). The van der Waals surface area contributed by atoms with Crippen LogP contribution in [0.5, 0.6) is 0 Å². The minimum Gasteiger partial charge on any atom is -0.463 e. The van der Waals surface area contributed by atoms with Crippen LogP contribution in [0.1, 0.15) is 44.9 Å². The minimum absolute atomic E-state index is 0.0772. The van der Waals surface area contributed by atoms with Gasteiger partial charge in [-0.1, -0.05) is 30.3 Å². The Balaban J connectivity index is 1.78. The number of hydrogen-bond acceptors (Lipinski definition) is 9. The number of carbonyl (C=O) groups is 5. The number of nitrogens with one attached hydrogen (secondary N) is 2. The van der Waals surface area contributed by atoms with Crippen LogP contribution < -0.4 is 10.6 Å². The number of methoxy groups -OCH3 is 1. The van der Waals surface area contributed by atoms with Crippen molar-refractivity contribution in [2.45, 2.75) is 70.2 Å². The lowest BCUT2D eigenvalue weighted by atomic mass is 10.0. The highest BCUT2D eigenvalue weighted by atomic mass is 32.1. The first-order valence-corrected chi connectivity index (χ1v) is 13.6. The third kappa shape index (κ3) is 8.60. The highest BCUT2D eigenvalue weighted by Gasteiger charge is 2.40. The molecule has 1 saturated heterocycles. The monoisotopic (exact) mass is 558 g/mol. The van der Waals surface area contributed by atoms with Crippen LogP contribution in [0.15, 0.2) is 41.2 Å². The average molecular weight is 559 g/mol. The fourth-order valence-electron chi connectivity index (χ4n) is 4.27. The average Bonchev–Trinajstić information content (AvgIpc) is 3.58. The summed E-state index contributed by atoms with van der Waals surface area (Å²) in [5.74, 6) is -2.99. The van der Waals surface area contributed by atoms with Gasteiger partial charge < -0.3 is 25.0 Å². The van der Waals surface area contributed by atoms with Crippen molar-refractivity contribution in [3.05, 3.63) is 52.5 Å². The van der Waals surface area contributed by atoms with Gasteiger partial charge in [0.25, 0.3) is 5.78 Å². The Bertz CT molecular complexity index is 1160. The van der Waals surface area contributed by atoms with E-state index in [0.29, 0.717) is 18.5 Å². The van der Waals surface area contributed by atoms with E-state index in [4.69, 9.17) is 4.74 Å². The second-order valence-corrected chi connectivity index (χ2v) is 10.9. The summed E-state index contributed by atoms with van der Waals surface area (Å²) in [4.78, 5) is 70.0. The molecule has 11 nitrogen and oxygen atoms in total. The minimum atomic E-state index is -1.17. The fourth-order valence-corrected chi connectivity index (χ4v) is 4.84. The Hall–Kier alpha value is -3.80. The van der Waals surface area contributed by atoms with Crippen LogP contribution in [0.4, 0.5) is 4.79 Å². The molecule has 3 atom stereocenters. The molecule has 1 aliphatic heterocycles. The smallest absolute Gasteiger partial charge is 0.408 e. The van der Waals surface area contributed by atoms with Gasteiger partial charge in [-0.05, 0) is 39.2 Å². The molecule has 1 aliphatic rings. The highest BCUT2D eigenvalue weighted by molar-refractivity contribution is 7.07. The second kappa shape index (κ2) is 13.3. The lowest BCUT2D eigenvalue weighted by Crippen LogP contribution is -2.56. The Morgan fingerprint density at radius 3 is 2.41 bits per heavy atom. The van der Waals surface area contributed by atoms with Gasteiger partial charge in [0, 0.05) is 24.8 Å². The number of Topliss-reactive ketones (excluding diaryl/α,β-unsaturated/α-hetero) is 1. The van der Waals surface area contributed by atoms with E-state index in [1.807, 2.05) is 6.07 Å². The number of rotatable bonds is 10. The Kier molecular flexibility index (Phi) is 10.2. The van der Waals surface area contributed by atoms with Crippen LogP contribution in [-0.2, 0) is 41.5 Å². The highest BCUT2D eigenvalue weighted by Crippen LogP contribution is 2.21. The number of benzene rings is 1. The number of likely N-dealkylation sites (tertiary alicyclic amines) is 1. The number of hydrogen-bond donors (Lipinski definition) is 2. The number of thiazole rings is 1. The number of amides is 3. The molecule has 1 fully saturated rings. The number of ether oxygens (including phenoxy) is 2. The standard InChI is InChI=1S/C27H34N4O7S/c1-27(2,3)38-26(36)30-20(14-18-15-39-16-28-18)24(34)31-12-8-11-21(31)23(33)29-19(22(32)25(35)37-4)13-17-9-6-5-7-10-17/h5-7,9-10,15-16,19-21H,8,11-14H2,1-4H3,(H,29,33)(H,30,36)/t19?,20-,21-/m0/s1. The van der Waals surface area contributed by atoms with Crippen molar-refractivity contribution in [1.29, 1.82) is 0 Å². The number of nitrogens with zero attached hydrogens (tertiary/aromatic N) is 2. The molecular formula is C27H34N4O7S. The number of alkyl carbamates (subject to hydrolysis) is 1. The largest absolute Gasteiger partial charge is 0.463 e. The lowest BCUT2D eigenvalue weighted by Gasteiger charge is -2.30. The molecule has 0 spiro atoms. The van der Waals surface area contributed by atoms with Crippen molar-refractivity contribution in [2.24, 2.45) is 0 Å². The topological polar surface area (TPSA) is 144 Å². The summed E-state index contributed by atoms with van der Waals surface area (Å²) < 4.78 is 9.93. The number of aromatic nitrogens is 1. The van der Waals surface area contributed by atoms with Crippen molar-refractivity contribution < 1.29 is 33.4 Å². The first-order valence-electron chi connectivity index (χ1n) is 12.6. The molecule has 1 aromatic carbocycles. The van der Waals surface area contributed by atoms with E-state index in [2.05, 4.69) is 20.4 Å². The zero-order valence-corrected chi connectivity index (χ0v) is 23.3. The SMILES string of the molecule is COC(=O)C(=O)C(Cc1ccccc1)NC(=O)[C@@H]1CCCN1C(=O)[C@H](Cc1cscn1)NC(=O)OC(C)(C)C. The van der Waals surface area contributed by atoms with Crippen molar-refractivity contribution in [1.82, 2.24) is 20.5 Å². The van der Waals surface area contributed by atoms with Crippen LogP contribution in [0.2, 0.25) is 0 Å². The quantitative estimate of drug-likeness (QED) is 0.333. The van der Waals surface area contributed by atoms with Crippen molar-refractivity contribution in [3.8, 4) is 0 Å². The summed E-state index contributed by atoms with van der Waals surface area (Å²) in [5.41, 5.74) is 2.21. The van der Waals surface area contributed by atoms with Gasteiger partial charge in [-0.25, -0.2) is 14.6 Å². The molecule has 210 valence electrons. The number of ketones is 1. The van der Waals surface area contributed by atoms with E-state index < -0.39 is 53.4 Å². The molecular weight excluding hydrogens is 524 g/mol. The van der Waals surface area contributed by atoms with Crippen LogP contribution in [-0.4, -0.2) is 76.9 Å². The summed E-state index contributed by atoms with van der Waals surface area (Å²) in [5, 5.41) is 7.06. The third-order valence-electron chi connectivity index (χ3n) is 6.03. The molecule has 0 radical (unpaired) electrons. The summed E-state index contributed by atoms with van der Waals surface area (Å²) in [6, 6.07) is 5.86. The van der Waals surface area contributed by atoms with Gasteiger partial charge in [-0.3, -0.25) is 14.4 Å². The van der Waals surface area contributed by atoms with Crippen molar-refractivity contribution in [2.75, 3.05) is 13.7 Å². The summed E-state index contributed by atoms with van der Waals surface area (Å²) in [6.07, 6.45) is 0.340. The number of carbonyl (C=O) groups excluding carboxylic acids is 5. The van der Waals surface area contributed by atoms with Crippen LogP contribution in [0, 0.1) is 0 Å². The first kappa shape index (κ1) is 29.8. The molecule has 2 heterocycles. The van der Waals surface area contributed by atoms with Gasteiger partial charge >= 0.3 is 12.1 Å². The van der Waals surface area contributed by atoms with E-state index in [1.165, 1.54) is 16.2 Å². The predicted molar refractivity (Wildman–Crippen MR) is 143 cm³/mol. The van der Waals surface area contributed by atoms with E-state index in [9.17, 15) is 24.0 Å². The van der Waals surface area contributed by atoms with Gasteiger partial charge in [0.15, 0.2) is 0 Å². The first-order chi connectivity index (χ1) is 18.5. The van der Waals surface area contributed by atoms with E-state index in [0.717, 1.165) is 12.7 Å². The lowest BCUT2D eigenvalue weighted by molar-refractivity contribution is -0.153. The van der Waals surface area contributed by atoms with E-state index in [-0.39, 0.29) is 19.4 Å². The molecule has 0 aliphatic carbocycles. The van der Waals surface area contributed by atoms with Crippen LogP contribution in [0.25, 0.3) is 0 Å². The Morgan fingerprint density at radius 2 is 1.79 bits per heavy atom. The van der Waals surface area contributed by atoms with Gasteiger partial charge in [0.05, 0.1) is 18.3 Å². The van der Waals surface area contributed by atoms with E-state index >= 15 is 0 Å². The zero-order valence-electron chi connectivity index (χ0n) is 22.5. The van der Waals surface area contributed by atoms with Crippen molar-refractivity contribution >= 4 is 41.0 Å². The van der Waals surface area contributed by atoms with E-state index in [1.54, 1.807) is 55.9 Å².